The molecule has 0 amide bonds. The van der Waals surface area contributed by atoms with Crippen LogP contribution in [0.3, 0.4) is 0 Å². The molecule has 1 rings (SSSR count). The molecule has 1 nitrogen and oxygen atoms in total. The molecule has 0 bridgehead atoms. The van der Waals surface area contributed by atoms with Crippen molar-refractivity contribution >= 4 is 15.9 Å². The Morgan fingerprint density at radius 2 is 1.57 bits per heavy atom. The molecule has 0 aliphatic carbocycles. The number of hydrogen-bond donors (Lipinski definition) is 0. The fraction of sp³-hybridized carbons (Fsp3) is 0.684. The van der Waals surface area contributed by atoms with Gasteiger partial charge >= 0.3 is 0 Å². The zero-order valence-electron chi connectivity index (χ0n) is 14.0. The van der Waals surface area contributed by atoms with E-state index in [0.29, 0.717) is 5.92 Å². The molecular formula is C19H31BrO. The van der Waals surface area contributed by atoms with Gasteiger partial charge in [0.1, 0.15) is 5.75 Å². The lowest BCUT2D eigenvalue weighted by Gasteiger charge is -2.14. The highest BCUT2D eigenvalue weighted by atomic mass is 79.9. The summed E-state index contributed by atoms with van der Waals surface area (Å²) >= 11 is 3.54. The Hall–Kier alpha value is -0.500. The van der Waals surface area contributed by atoms with Crippen LogP contribution in [-0.2, 0) is 0 Å². The Morgan fingerprint density at radius 1 is 0.952 bits per heavy atom. The van der Waals surface area contributed by atoms with Gasteiger partial charge in [-0.2, -0.15) is 0 Å². The molecule has 0 aromatic heterocycles. The number of halogens is 1. The van der Waals surface area contributed by atoms with Gasteiger partial charge in [0.25, 0.3) is 0 Å². The van der Waals surface area contributed by atoms with Crippen LogP contribution in [0.2, 0.25) is 0 Å². The SMILES string of the molecule is CCCCCCCCCCOc1ccc(Br)cc1C(C)C. The summed E-state index contributed by atoms with van der Waals surface area (Å²) in [5.41, 5.74) is 1.30. The molecule has 1 aromatic rings. The minimum Gasteiger partial charge on any atom is -0.493 e. The molecular weight excluding hydrogens is 324 g/mol. The van der Waals surface area contributed by atoms with E-state index in [1.54, 1.807) is 0 Å². The standard InChI is InChI=1S/C19H31BrO/c1-4-5-6-7-8-9-10-11-14-21-19-13-12-17(20)15-18(19)16(2)3/h12-13,15-16H,4-11,14H2,1-3H3. The summed E-state index contributed by atoms with van der Waals surface area (Å²) in [6.07, 6.45) is 10.7. The Kier molecular flexibility index (Phi) is 9.82. The lowest BCUT2D eigenvalue weighted by Crippen LogP contribution is -2.01. The van der Waals surface area contributed by atoms with Crippen LogP contribution in [0.5, 0.6) is 5.75 Å². The van der Waals surface area contributed by atoms with Crippen molar-refractivity contribution in [3.63, 3.8) is 0 Å². The van der Waals surface area contributed by atoms with E-state index in [2.05, 4.69) is 54.9 Å². The Balaban J connectivity index is 2.18. The smallest absolute Gasteiger partial charge is 0.122 e. The third-order valence-corrected chi connectivity index (χ3v) is 4.34. The summed E-state index contributed by atoms with van der Waals surface area (Å²) in [5.74, 6) is 1.55. The van der Waals surface area contributed by atoms with Crippen LogP contribution in [0.15, 0.2) is 22.7 Å². The molecule has 0 aliphatic heterocycles. The van der Waals surface area contributed by atoms with Crippen LogP contribution >= 0.6 is 15.9 Å². The lowest BCUT2D eigenvalue weighted by atomic mass is 10.0. The number of unbranched alkanes of at least 4 members (excludes halogenated alkanes) is 7. The maximum atomic E-state index is 5.98. The molecule has 0 N–H and O–H groups in total. The average Bonchev–Trinajstić information content (AvgIpc) is 2.46. The van der Waals surface area contributed by atoms with Crippen LogP contribution in [-0.4, -0.2) is 6.61 Å². The third-order valence-electron chi connectivity index (χ3n) is 3.85. The van der Waals surface area contributed by atoms with E-state index < -0.39 is 0 Å². The van der Waals surface area contributed by atoms with Crippen LogP contribution < -0.4 is 4.74 Å². The molecule has 21 heavy (non-hydrogen) atoms. The zero-order valence-corrected chi connectivity index (χ0v) is 15.5. The highest BCUT2D eigenvalue weighted by Crippen LogP contribution is 2.29. The van der Waals surface area contributed by atoms with E-state index in [4.69, 9.17) is 4.74 Å². The van der Waals surface area contributed by atoms with Gasteiger partial charge in [-0.15, -0.1) is 0 Å². The molecule has 0 heterocycles. The topological polar surface area (TPSA) is 9.23 Å². The third kappa shape index (κ3) is 7.90. The van der Waals surface area contributed by atoms with E-state index >= 15 is 0 Å². The van der Waals surface area contributed by atoms with Gasteiger partial charge in [0.05, 0.1) is 6.61 Å². The summed E-state index contributed by atoms with van der Waals surface area (Å²) < 4.78 is 7.11. The fourth-order valence-corrected chi connectivity index (χ4v) is 2.90. The maximum absolute atomic E-state index is 5.98. The number of benzene rings is 1. The second-order valence-corrected chi connectivity index (χ2v) is 7.08. The second kappa shape index (κ2) is 11.1. The highest BCUT2D eigenvalue weighted by Gasteiger charge is 2.08. The fourth-order valence-electron chi connectivity index (χ4n) is 2.52. The minimum atomic E-state index is 0.496. The Morgan fingerprint density at radius 3 is 2.19 bits per heavy atom. The first-order chi connectivity index (χ1) is 10.1. The molecule has 0 fully saturated rings. The largest absolute Gasteiger partial charge is 0.493 e. The van der Waals surface area contributed by atoms with Crippen molar-refractivity contribution in [1.29, 1.82) is 0 Å². The van der Waals surface area contributed by atoms with E-state index in [1.807, 2.05) is 0 Å². The van der Waals surface area contributed by atoms with Crippen molar-refractivity contribution in [1.82, 2.24) is 0 Å². The van der Waals surface area contributed by atoms with Crippen LogP contribution in [0.4, 0.5) is 0 Å². The molecule has 120 valence electrons. The van der Waals surface area contributed by atoms with Crippen LogP contribution in [0.1, 0.15) is 83.6 Å². The average molecular weight is 355 g/mol. The molecule has 2 heteroatoms. The maximum Gasteiger partial charge on any atom is 0.122 e. The first-order valence-corrected chi connectivity index (χ1v) is 9.36. The van der Waals surface area contributed by atoms with Gasteiger partial charge in [0.2, 0.25) is 0 Å². The predicted molar refractivity (Wildman–Crippen MR) is 96.3 cm³/mol. The molecule has 0 radical (unpaired) electrons. The lowest BCUT2D eigenvalue weighted by molar-refractivity contribution is 0.300. The van der Waals surface area contributed by atoms with Crippen LogP contribution in [0, 0.1) is 0 Å². The molecule has 0 saturated carbocycles. The van der Waals surface area contributed by atoms with Crippen LogP contribution in [0.25, 0.3) is 0 Å². The summed E-state index contributed by atoms with van der Waals surface area (Å²) in [6, 6.07) is 6.33. The van der Waals surface area contributed by atoms with Crippen molar-refractivity contribution in [3.05, 3.63) is 28.2 Å². The zero-order chi connectivity index (χ0) is 15.5. The van der Waals surface area contributed by atoms with Crippen molar-refractivity contribution in [2.24, 2.45) is 0 Å². The van der Waals surface area contributed by atoms with Gasteiger partial charge in [-0.3, -0.25) is 0 Å². The number of rotatable bonds is 11. The van der Waals surface area contributed by atoms with Crippen molar-refractivity contribution in [2.75, 3.05) is 6.61 Å². The molecule has 0 atom stereocenters. The summed E-state index contributed by atoms with van der Waals surface area (Å²) in [7, 11) is 0. The van der Waals surface area contributed by atoms with Crippen molar-refractivity contribution in [3.8, 4) is 5.75 Å². The van der Waals surface area contributed by atoms with E-state index in [-0.39, 0.29) is 0 Å². The van der Waals surface area contributed by atoms with Crippen molar-refractivity contribution < 1.29 is 4.74 Å². The van der Waals surface area contributed by atoms with Gasteiger partial charge in [-0.05, 0) is 36.1 Å². The van der Waals surface area contributed by atoms with Gasteiger partial charge in [-0.1, -0.05) is 81.6 Å². The quantitative estimate of drug-likeness (QED) is 0.385. The first kappa shape index (κ1) is 18.5. The second-order valence-electron chi connectivity index (χ2n) is 6.16. The predicted octanol–water partition coefficient (Wildman–Crippen LogP) is 7.09. The summed E-state index contributed by atoms with van der Waals surface area (Å²) in [5, 5.41) is 0. The minimum absolute atomic E-state index is 0.496. The monoisotopic (exact) mass is 354 g/mol. The van der Waals surface area contributed by atoms with E-state index in [1.165, 1.54) is 56.9 Å². The Labute approximate surface area is 139 Å². The molecule has 0 unspecified atom stereocenters. The van der Waals surface area contributed by atoms with Gasteiger partial charge in [-0.25, -0.2) is 0 Å². The highest BCUT2D eigenvalue weighted by molar-refractivity contribution is 9.10. The van der Waals surface area contributed by atoms with E-state index in [0.717, 1.165) is 16.8 Å². The summed E-state index contributed by atoms with van der Waals surface area (Å²) in [4.78, 5) is 0. The van der Waals surface area contributed by atoms with E-state index in [9.17, 15) is 0 Å². The molecule has 0 saturated heterocycles. The molecule has 0 aliphatic rings. The Bertz CT molecular complexity index is 387. The number of hydrogen-bond acceptors (Lipinski definition) is 1. The molecule has 0 spiro atoms. The van der Waals surface area contributed by atoms with Gasteiger partial charge in [0.15, 0.2) is 0 Å². The normalized spacial score (nSPS) is 11.1. The van der Waals surface area contributed by atoms with Gasteiger partial charge in [0, 0.05) is 4.47 Å². The number of ether oxygens (including phenoxy) is 1. The molecule has 1 aromatic carbocycles. The van der Waals surface area contributed by atoms with Gasteiger partial charge < -0.3 is 4.74 Å². The summed E-state index contributed by atoms with van der Waals surface area (Å²) in [6.45, 7) is 7.54. The first-order valence-electron chi connectivity index (χ1n) is 8.57. The van der Waals surface area contributed by atoms with Crippen molar-refractivity contribution in [2.45, 2.75) is 78.1 Å².